The minimum Gasteiger partial charge on any atom is -0.326 e. The number of hydrogen-bond acceptors (Lipinski definition) is 4. The van der Waals surface area contributed by atoms with E-state index in [-0.39, 0.29) is 11.8 Å². The van der Waals surface area contributed by atoms with Crippen LogP contribution in [0.1, 0.15) is 37.6 Å². The molecule has 2 aromatic rings. The molecule has 1 amide bonds. The van der Waals surface area contributed by atoms with Gasteiger partial charge in [0.25, 0.3) is 0 Å². The van der Waals surface area contributed by atoms with Crippen LogP contribution >= 0.6 is 11.3 Å². The van der Waals surface area contributed by atoms with E-state index in [0.29, 0.717) is 5.92 Å². The molecule has 21 heavy (non-hydrogen) atoms. The Kier molecular flexibility index (Phi) is 4.22. The van der Waals surface area contributed by atoms with Crippen molar-refractivity contribution in [2.45, 2.75) is 32.6 Å². The predicted octanol–water partition coefficient (Wildman–Crippen LogP) is 3.36. The predicted molar refractivity (Wildman–Crippen MR) is 87.9 cm³/mol. The fourth-order valence-electron chi connectivity index (χ4n) is 2.60. The molecule has 1 aromatic carbocycles. The highest BCUT2D eigenvalue weighted by Crippen LogP contribution is 2.29. The Morgan fingerprint density at radius 3 is 2.86 bits per heavy atom. The van der Waals surface area contributed by atoms with Crippen molar-refractivity contribution < 1.29 is 4.79 Å². The first-order valence-corrected chi connectivity index (χ1v) is 8.37. The topological polar surface area (TPSA) is 54.0 Å². The number of benzene rings is 1. The summed E-state index contributed by atoms with van der Waals surface area (Å²) in [4.78, 5) is 16.9. The highest BCUT2D eigenvalue weighted by atomic mass is 32.1. The van der Waals surface area contributed by atoms with Crippen LogP contribution in [0.5, 0.6) is 0 Å². The molecule has 0 radical (unpaired) electrons. The molecular formula is C16H21N3OS. The van der Waals surface area contributed by atoms with Crippen molar-refractivity contribution in [1.29, 1.82) is 0 Å². The van der Waals surface area contributed by atoms with E-state index >= 15 is 0 Å². The number of thiazole rings is 1. The van der Waals surface area contributed by atoms with Crippen LogP contribution in [0.25, 0.3) is 10.2 Å². The Morgan fingerprint density at radius 2 is 2.14 bits per heavy atom. The minimum atomic E-state index is 0.134. The number of nitrogens with one attached hydrogen (secondary N) is 2. The lowest BCUT2D eigenvalue weighted by atomic mass is 9.97. The Hall–Kier alpha value is -1.46. The molecule has 0 atom stereocenters. The van der Waals surface area contributed by atoms with Gasteiger partial charge in [-0.25, -0.2) is 4.98 Å². The van der Waals surface area contributed by atoms with Crippen LogP contribution in [-0.2, 0) is 4.79 Å². The van der Waals surface area contributed by atoms with Crippen LogP contribution in [0.4, 0.5) is 5.69 Å². The van der Waals surface area contributed by atoms with Gasteiger partial charge in [-0.05, 0) is 44.1 Å². The molecule has 0 bridgehead atoms. The van der Waals surface area contributed by atoms with Gasteiger partial charge >= 0.3 is 0 Å². The average molecular weight is 303 g/mol. The number of carbonyl (C=O) groups is 1. The Bertz CT molecular complexity index is 644. The lowest BCUT2D eigenvalue weighted by Gasteiger charge is -2.21. The maximum atomic E-state index is 12.3. The van der Waals surface area contributed by atoms with Gasteiger partial charge in [0.1, 0.15) is 0 Å². The summed E-state index contributed by atoms with van der Waals surface area (Å²) in [5, 5.41) is 7.48. The second-order valence-corrected chi connectivity index (χ2v) is 6.97. The molecule has 1 aromatic heterocycles. The van der Waals surface area contributed by atoms with E-state index in [9.17, 15) is 4.79 Å². The van der Waals surface area contributed by atoms with Crippen molar-refractivity contribution in [2.24, 2.45) is 5.92 Å². The van der Waals surface area contributed by atoms with Crippen molar-refractivity contribution in [1.82, 2.24) is 10.3 Å². The van der Waals surface area contributed by atoms with Gasteiger partial charge in [0.2, 0.25) is 5.91 Å². The zero-order chi connectivity index (χ0) is 14.8. The summed E-state index contributed by atoms with van der Waals surface area (Å²) in [6.45, 7) is 6.17. The van der Waals surface area contributed by atoms with Gasteiger partial charge in [0.05, 0.1) is 15.2 Å². The molecule has 1 saturated heterocycles. The zero-order valence-corrected chi connectivity index (χ0v) is 13.3. The van der Waals surface area contributed by atoms with Gasteiger partial charge in [-0.1, -0.05) is 13.8 Å². The molecule has 2 heterocycles. The van der Waals surface area contributed by atoms with Crippen molar-refractivity contribution in [2.75, 3.05) is 18.4 Å². The number of nitrogens with zero attached hydrogens (tertiary/aromatic N) is 1. The average Bonchev–Trinajstić information content (AvgIpc) is 2.91. The van der Waals surface area contributed by atoms with E-state index < -0.39 is 0 Å². The van der Waals surface area contributed by atoms with Crippen LogP contribution in [0.3, 0.4) is 0 Å². The van der Waals surface area contributed by atoms with Crippen molar-refractivity contribution in [3.63, 3.8) is 0 Å². The molecule has 2 N–H and O–H groups in total. The first kappa shape index (κ1) is 14.5. The summed E-state index contributed by atoms with van der Waals surface area (Å²) in [6, 6.07) is 5.98. The molecule has 5 heteroatoms. The molecule has 1 fully saturated rings. The van der Waals surface area contributed by atoms with Crippen LogP contribution in [0, 0.1) is 5.92 Å². The Morgan fingerprint density at radius 1 is 1.38 bits per heavy atom. The quantitative estimate of drug-likeness (QED) is 0.914. The van der Waals surface area contributed by atoms with Crippen LogP contribution in [-0.4, -0.2) is 24.0 Å². The van der Waals surface area contributed by atoms with E-state index in [1.165, 1.54) is 0 Å². The number of aromatic nitrogens is 1. The summed E-state index contributed by atoms with van der Waals surface area (Å²) in [6.07, 6.45) is 1.85. The number of fused-ring (bicyclic) bond motifs is 1. The fraction of sp³-hybridized carbons (Fsp3) is 0.500. The number of amides is 1. The second-order valence-electron chi connectivity index (χ2n) is 5.90. The summed E-state index contributed by atoms with van der Waals surface area (Å²) < 4.78 is 1.14. The number of anilines is 1. The number of piperidine rings is 1. The molecular weight excluding hydrogens is 282 g/mol. The standard InChI is InChI=1S/C16H21N3OS/c1-10(2)16-19-13-4-3-12(9-14(13)21-16)18-15(20)11-5-7-17-8-6-11/h3-4,9-11,17H,5-8H2,1-2H3,(H,18,20). The molecule has 4 nitrogen and oxygen atoms in total. The summed E-state index contributed by atoms with van der Waals surface area (Å²) >= 11 is 1.71. The first-order valence-electron chi connectivity index (χ1n) is 7.55. The van der Waals surface area contributed by atoms with E-state index in [1.54, 1.807) is 11.3 Å². The zero-order valence-electron chi connectivity index (χ0n) is 12.5. The third-order valence-corrected chi connectivity index (χ3v) is 5.20. The van der Waals surface area contributed by atoms with Gasteiger partial charge in [0, 0.05) is 17.5 Å². The van der Waals surface area contributed by atoms with Gasteiger partial charge in [-0.15, -0.1) is 11.3 Å². The molecule has 0 aliphatic carbocycles. The smallest absolute Gasteiger partial charge is 0.227 e. The van der Waals surface area contributed by atoms with Gasteiger partial charge in [-0.3, -0.25) is 4.79 Å². The fourth-order valence-corrected chi connectivity index (χ4v) is 3.60. The maximum Gasteiger partial charge on any atom is 0.227 e. The molecule has 0 unspecified atom stereocenters. The number of rotatable bonds is 3. The van der Waals surface area contributed by atoms with Crippen LogP contribution in [0.2, 0.25) is 0 Å². The SMILES string of the molecule is CC(C)c1nc2ccc(NC(=O)C3CCNCC3)cc2s1. The van der Waals surface area contributed by atoms with Crippen molar-refractivity contribution in [3.8, 4) is 0 Å². The summed E-state index contributed by atoms with van der Waals surface area (Å²) in [7, 11) is 0. The summed E-state index contributed by atoms with van der Waals surface area (Å²) in [5.74, 6) is 0.717. The van der Waals surface area contributed by atoms with Crippen LogP contribution < -0.4 is 10.6 Å². The summed E-state index contributed by atoms with van der Waals surface area (Å²) in [5.41, 5.74) is 1.90. The largest absolute Gasteiger partial charge is 0.326 e. The normalized spacial score (nSPS) is 16.5. The molecule has 0 saturated carbocycles. The highest BCUT2D eigenvalue weighted by Gasteiger charge is 2.21. The second kappa shape index (κ2) is 6.12. The first-order chi connectivity index (χ1) is 10.1. The Labute approximate surface area is 129 Å². The van der Waals surface area contributed by atoms with Crippen LogP contribution in [0.15, 0.2) is 18.2 Å². The lowest BCUT2D eigenvalue weighted by Crippen LogP contribution is -2.34. The van der Waals surface area contributed by atoms with Crippen molar-refractivity contribution >= 4 is 33.1 Å². The molecule has 1 aliphatic rings. The molecule has 0 spiro atoms. The van der Waals surface area contributed by atoms with E-state index in [1.807, 2.05) is 18.2 Å². The Balaban J connectivity index is 1.75. The molecule has 112 valence electrons. The number of hydrogen-bond donors (Lipinski definition) is 2. The molecule has 3 rings (SSSR count). The van der Waals surface area contributed by atoms with Crippen molar-refractivity contribution in [3.05, 3.63) is 23.2 Å². The van der Waals surface area contributed by atoms with Gasteiger partial charge in [0.15, 0.2) is 0 Å². The maximum absolute atomic E-state index is 12.3. The highest BCUT2D eigenvalue weighted by molar-refractivity contribution is 7.18. The molecule has 1 aliphatic heterocycles. The van der Waals surface area contributed by atoms with E-state index in [0.717, 1.165) is 46.8 Å². The van der Waals surface area contributed by atoms with E-state index in [4.69, 9.17) is 0 Å². The number of carbonyl (C=O) groups excluding carboxylic acids is 1. The third-order valence-electron chi connectivity index (χ3n) is 3.88. The lowest BCUT2D eigenvalue weighted by molar-refractivity contribution is -0.120. The minimum absolute atomic E-state index is 0.134. The van der Waals surface area contributed by atoms with Gasteiger partial charge < -0.3 is 10.6 Å². The monoisotopic (exact) mass is 303 g/mol. The van der Waals surface area contributed by atoms with E-state index in [2.05, 4.69) is 29.5 Å². The van der Waals surface area contributed by atoms with Gasteiger partial charge in [-0.2, -0.15) is 0 Å². The third kappa shape index (κ3) is 3.24.